The molecule has 0 aliphatic heterocycles. The normalized spacial score (nSPS) is 13.9. The number of hydrogen-bond acceptors (Lipinski definition) is 3. The van der Waals surface area contributed by atoms with Crippen LogP contribution in [0.2, 0.25) is 0 Å². The second-order valence-electron chi connectivity index (χ2n) is 3.18. The van der Waals surface area contributed by atoms with Gasteiger partial charge in [0.05, 0.1) is 0 Å². The lowest BCUT2D eigenvalue weighted by Crippen LogP contribution is -2.16. The maximum atomic E-state index is 12.6. The van der Waals surface area contributed by atoms with Gasteiger partial charge in [0.1, 0.15) is 11.7 Å². The van der Waals surface area contributed by atoms with Gasteiger partial charge in [0.25, 0.3) is 0 Å². The predicted octanol–water partition coefficient (Wildman–Crippen LogP) is 2.44. The Morgan fingerprint density at radius 3 is 2.67 bits per heavy atom. The van der Waals surface area contributed by atoms with E-state index in [4.69, 9.17) is 10.9 Å². The molecule has 0 aliphatic rings. The minimum atomic E-state index is -0.247. The van der Waals surface area contributed by atoms with Crippen LogP contribution in [-0.4, -0.2) is 16.3 Å². The lowest BCUT2D eigenvalue weighted by Gasteiger charge is -2.09. The van der Waals surface area contributed by atoms with Crippen molar-refractivity contribution in [1.82, 2.24) is 0 Å². The molecule has 15 heavy (non-hydrogen) atoms. The minimum Gasteiger partial charge on any atom is -0.409 e. The Kier molecular flexibility index (Phi) is 4.42. The maximum Gasteiger partial charge on any atom is 0.140 e. The molecule has 0 amide bonds. The molecule has 82 valence electrons. The van der Waals surface area contributed by atoms with E-state index in [0.717, 1.165) is 4.90 Å². The first-order valence-electron chi connectivity index (χ1n) is 4.50. The molecular formula is C10H13FN2OS. The largest absolute Gasteiger partial charge is 0.409 e. The number of amidine groups is 1. The monoisotopic (exact) mass is 228 g/mol. The van der Waals surface area contributed by atoms with Gasteiger partial charge in [-0.25, -0.2) is 4.39 Å². The van der Waals surface area contributed by atoms with E-state index in [2.05, 4.69) is 5.16 Å². The van der Waals surface area contributed by atoms with Crippen molar-refractivity contribution in [2.24, 2.45) is 10.9 Å². The first kappa shape index (κ1) is 11.8. The third kappa shape index (κ3) is 4.20. The standard InChI is InChI=1S/C10H13FN2OS/c1-7(6-10(12)13-14)15-9-4-2-8(11)3-5-9/h2-5,7,14H,6H2,1H3,(H2,12,13). The molecule has 0 saturated carbocycles. The Hall–Kier alpha value is -1.23. The molecule has 0 fully saturated rings. The molecule has 0 saturated heterocycles. The summed E-state index contributed by atoms with van der Waals surface area (Å²) in [5, 5.41) is 11.5. The quantitative estimate of drug-likeness (QED) is 0.273. The van der Waals surface area contributed by atoms with Crippen LogP contribution < -0.4 is 5.73 Å². The molecule has 0 radical (unpaired) electrons. The molecule has 1 unspecified atom stereocenters. The average Bonchev–Trinajstić information content (AvgIpc) is 2.21. The van der Waals surface area contributed by atoms with Crippen molar-refractivity contribution < 1.29 is 9.60 Å². The zero-order valence-electron chi connectivity index (χ0n) is 8.35. The van der Waals surface area contributed by atoms with E-state index in [0.29, 0.717) is 6.42 Å². The average molecular weight is 228 g/mol. The first-order chi connectivity index (χ1) is 7.11. The van der Waals surface area contributed by atoms with Crippen LogP contribution in [-0.2, 0) is 0 Å². The van der Waals surface area contributed by atoms with Gasteiger partial charge in [0, 0.05) is 16.6 Å². The molecule has 0 aliphatic carbocycles. The van der Waals surface area contributed by atoms with E-state index in [1.54, 1.807) is 23.9 Å². The van der Waals surface area contributed by atoms with Gasteiger partial charge in [-0.2, -0.15) is 0 Å². The lowest BCUT2D eigenvalue weighted by molar-refractivity contribution is 0.317. The van der Waals surface area contributed by atoms with Crippen LogP contribution >= 0.6 is 11.8 Å². The van der Waals surface area contributed by atoms with Crippen molar-refractivity contribution in [2.45, 2.75) is 23.5 Å². The molecule has 3 nitrogen and oxygen atoms in total. The van der Waals surface area contributed by atoms with Gasteiger partial charge in [-0.3, -0.25) is 0 Å². The van der Waals surface area contributed by atoms with Crippen LogP contribution in [0.5, 0.6) is 0 Å². The summed E-state index contributed by atoms with van der Waals surface area (Å²) < 4.78 is 12.6. The number of oxime groups is 1. The number of nitrogens with two attached hydrogens (primary N) is 1. The topological polar surface area (TPSA) is 58.6 Å². The molecular weight excluding hydrogens is 215 g/mol. The summed E-state index contributed by atoms with van der Waals surface area (Å²) in [6.45, 7) is 1.96. The highest BCUT2D eigenvalue weighted by Crippen LogP contribution is 2.24. The molecule has 0 aromatic heterocycles. The molecule has 1 rings (SSSR count). The number of hydrogen-bond donors (Lipinski definition) is 2. The van der Waals surface area contributed by atoms with Gasteiger partial charge in [-0.15, -0.1) is 11.8 Å². The van der Waals surface area contributed by atoms with E-state index in [1.165, 1.54) is 12.1 Å². The van der Waals surface area contributed by atoms with Crippen molar-refractivity contribution in [3.63, 3.8) is 0 Å². The Bertz CT molecular complexity index is 340. The molecule has 0 heterocycles. The van der Waals surface area contributed by atoms with Crippen molar-refractivity contribution in [1.29, 1.82) is 0 Å². The van der Waals surface area contributed by atoms with E-state index in [1.807, 2.05) is 6.92 Å². The Morgan fingerprint density at radius 2 is 2.13 bits per heavy atom. The van der Waals surface area contributed by atoms with Crippen LogP contribution in [0.25, 0.3) is 0 Å². The zero-order chi connectivity index (χ0) is 11.3. The Balaban J connectivity index is 2.51. The Morgan fingerprint density at radius 1 is 1.53 bits per heavy atom. The predicted molar refractivity (Wildman–Crippen MR) is 59.7 cm³/mol. The molecule has 1 aromatic rings. The highest BCUT2D eigenvalue weighted by atomic mass is 32.2. The number of thioether (sulfide) groups is 1. The summed E-state index contributed by atoms with van der Waals surface area (Å²) in [7, 11) is 0. The van der Waals surface area contributed by atoms with E-state index < -0.39 is 0 Å². The minimum absolute atomic E-state index is 0.186. The second-order valence-corrected chi connectivity index (χ2v) is 4.69. The van der Waals surface area contributed by atoms with Crippen LogP contribution in [0.3, 0.4) is 0 Å². The number of nitrogens with zero attached hydrogens (tertiary/aromatic N) is 1. The van der Waals surface area contributed by atoms with E-state index in [9.17, 15) is 4.39 Å². The third-order valence-corrected chi connectivity index (χ3v) is 2.89. The van der Waals surface area contributed by atoms with Gasteiger partial charge in [0.2, 0.25) is 0 Å². The molecule has 5 heteroatoms. The highest BCUT2D eigenvalue weighted by molar-refractivity contribution is 8.00. The molecule has 0 bridgehead atoms. The van der Waals surface area contributed by atoms with Crippen LogP contribution in [0.4, 0.5) is 4.39 Å². The fourth-order valence-electron chi connectivity index (χ4n) is 1.12. The maximum absolute atomic E-state index is 12.6. The number of rotatable bonds is 4. The third-order valence-electron chi connectivity index (χ3n) is 1.78. The zero-order valence-corrected chi connectivity index (χ0v) is 9.17. The summed E-state index contributed by atoms with van der Waals surface area (Å²) in [5.41, 5.74) is 5.38. The molecule has 0 spiro atoms. The van der Waals surface area contributed by atoms with Crippen LogP contribution in [0.15, 0.2) is 34.3 Å². The second kappa shape index (κ2) is 5.60. The van der Waals surface area contributed by atoms with Crippen LogP contribution in [0, 0.1) is 5.82 Å². The summed E-state index contributed by atoms with van der Waals surface area (Å²) >= 11 is 1.56. The molecule has 1 atom stereocenters. The lowest BCUT2D eigenvalue weighted by atomic mass is 10.3. The number of benzene rings is 1. The van der Waals surface area contributed by atoms with Gasteiger partial charge < -0.3 is 10.9 Å². The first-order valence-corrected chi connectivity index (χ1v) is 5.38. The summed E-state index contributed by atoms with van der Waals surface area (Å²) in [6.07, 6.45) is 0.499. The van der Waals surface area contributed by atoms with Crippen molar-refractivity contribution in [2.75, 3.05) is 0 Å². The van der Waals surface area contributed by atoms with Crippen molar-refractivity contribution >= 4 is 17.6 Å². The van der Waals surface area contributed by atoms with E-state index >= 15 is 0 Å². The smallest absolute Gasteiger partial charge is 0.140 e. The number of halogens is 1. The molecule has 1 aromatic carbocycles. The van der Waals surface area contributed by atoms with Crippen LogP contribution in [0.1, 0.15) is 13.3 Å². The SMILES string of the molecule is CC(CC(N)=NO)Sc1ccc(F)cc1. The van der Waals surface area contributed by atoms with Gasteiger partial charge in [0.15, 0.2) is 0 Å². The van der Waals surface area contributed by atoms with Gasteiger partial charge in [-0.1, -0.05) is 12.1 Å². The van der Waals surface area contributed by atoms with Gasteiger partial charge in [-0.05, 0) is 24.3 Å². The fourth-order valence-corrected chi connectivity index (χ4v) is 2.13. The summed E-state index contributed by atoms with van der Waals surface area (Å²) in [5.74, 6) is -0.0412. The van der Waals surface area contributed by atoms with E-state index in [-0.39, 0.29) is 16.9 Å². The van der Waals surface area contributed by atoms with Crippen molar-refractivity contribution in [3.05, 3.63) is 30.1 Å². The molecule has 3 N–H and O–H groups in total. The fraction of sp³-hybridized carbons (Fsp3) is 0.300. The summed E-state index contributed by atoms with van der Waals surface area (Å²) in [4.78, 5) is 0.967. The van der Waals surface area contributed by atoms with Crippen molar-refractivity contribution in [3.8, 4) is 0 Å². The Labute approximate surface area is 92.2 Å². The summed E-state index contributed by atoms with van der Waals surface area (Å²) in [6, 6.07) is 6.25. The highest BCUT2D eigenvalue weighted by Gasteiger charge is 2.07. The van der Waals surface area contributed by atoms with Gasteiger partial charge >= 0.3 is 0 Å².